The number of methoxy groups -OCH3 is 1. The molecule has 0 fully saturated rings. The van der Waals surface area contributed by atoms with E-state index in [-0.39, 0.29) is 18.2 Å². The first kappa shape index (κ1) is 13.4. The Hall–Kier alpha value is -1.64. The van der Waals surface area contributed by atoms with Gasteiger partial charge in [0, 0.05) is 11.8 Å². The fourth-order valence-electron chi connectivity index (χ4n) is 2.05. The first-order chi connectivity index (χ1) is 7.98. The summed E-state index contributed by atoms with van der Waals surface area (Å²) in [4.78, 5) is 22.8. The number of hydrogen-bond donors (Lipinski definition) is 0. The van der Waals surface area contributed by atoms with Crippen molar-refractivity contribution in [3.63, 3.8) is 0 Å². The molecular formula is C14H18O3. The van der Waals surface area contributed by atoms with Gasteiger partial charge >= 0.3 is 5.97 Å². The molecule has 0 N–H and O–H groups in total. The molecule has 92 valence electrons. The van der Waals surface area contributed by atoms with E-state index in [1.54, 1.807) is 6.92 Å². The van der Waals surface area contributed by atoms with Crippen LogP contribution in [0.5, 0.6) is 0 Å². The zero-order chi connectivity index (χ0) is 12.9. The van der Waals surface area contributed by atoms with Crippen molar-refractivity contribution < 1.29 is 14.3 Å². The quantitative estimate of drug-likeness (QED) is 0.735. The molecule has 1 atom stereocenters. The number of Topliss-reactive ketones (excluding diaryl/α,β-unsaturated/α-hetero) is 1. The number of ether oxygens (including phenoxy) is 1. The predicted molar refractivity (Wildman–Crippen MR) is 65.7 cm³/mol. The lowest BCUT2D eigenvalue weighted by Crippen LogP contribution is -2.28. The van der Waals surface area contributed by atoms with Gasteiger partial charge in [-0.3, -0.25) is 9.59 Å². The van der Waals surface area contributed by atoms with Gasteiger partial charge in [-0.2, -0.15) is 0 Å². The molecule has 1 aromatic rings. The smallest absolute Gasteiger partial charge is 0.306 e. The van der Waals surface area contributed by atoms with E-state index in [2.05, 4.69) is 0 Å². The molecule has 0 spiro atoms. The molecule has 0 radical (unpaired) electrons. The van der Waals surface area contributed by atoms with Crippen LogP contribution in [0, 0.1) is 0 Å². The van der Waals surface area contributed by atoms with Crippen LogP contribution in [-0.2, 0) is 19.7 Å². The second-order valence-corrected chi connectivity index (χ2v) is 4.56. The zero-order valence-corrected chi connectivity index (χ0v) is 10.5. The summed E-state index contributed by atoms with van der Waals surface area (Å²) in [6.07, 6.45) is 0.555. The summed E-state index contributed by atoms with van der Waals surface area (Å²) >= 11 is 0. The lowest BCUT2D eigenvalue weighted by molar-refractivity contribution is -0.142. The number of rotatable bonds is 5. The zero-order valence-electron chi connectivity index (χ0n) is 10.5. The van der Waals surface area contributed by atoms with Crippen molar-refractivity contribution in [1.82, 2.24) is 0 Å². The third kappa shape index (κ3) is 3.70. The third-order valence-corrected chi connectivity index (χ3v) is 2.87. The van der Waals surface area contributed by atoms with E-state index in [0.29, 0.717) is 6.42 Å². The molecule has 3 nitrogen and oxygen atoms in total. The lowest BCUT2D eigenvalue weighted by Gasteiger charge is -2.28. The minimum absolute atomic E-state index is 0.0697. The van der Waals surface area contributed by atoms with Crippen molar-refractivity contribution in [3.05, 3.63) is 35.9 Å². The van der Waals surface area contributed by atoms with Gasteiger partial charge in [-0.25, -0.2) is 0 Å². The molecule has 0 heterocycles. The molecule has 0 aromatic heterocycles. The fourth-order valence-corrected chi connectivity index (χ4v) is 2.05. The van der Waals surface area contributed by atoms with E-state index in [1.165, 1.54) is 7.11 Å². The Labute approximate surface area is 102 Å². The van der Waals surface area contributed by atoms with Gasteiger partial charge in [-0.05, 0) is 12.5 Å². The molecule has 17 heavy (non-hydrogen) atoms. The Kier molecular flexibility index (Phi) is 4.44. The van der Waals surface area contributed by atoms with Gasteiger partial charge in [0.1, 0.15) is 5.78 Å². The van der Waals surface area contributed by atoms with E-state index >= 15 is 0 Å². The van der Waals surface area contributed by atoms with Gasteiger partial charge in [-0.1, -0.05) is 37.3 Å². The predicted octanol–water partition coefficient (Wildman–Crippen LogP) is 2.49. The van der Waals surface area contributed by atoms with Gasteiger partial charge < -0.3 is 4.74 Å². The summed E-state index contributed by atoms with van der Waals surface area (Å²) in [5.41, 5.74) is 0.501. The Morgan fingerprint density at radius 2 is 1.76 bits per heavy atom. The second-order valence-electron chi connectivity index (χ2n) is 4.56. The van der Waals surface area contributed by atoms with E-state index in [1.807, 2.05) is 37.3 Å². The van der Waals surface area contributed by atoms with Crippen LogP contribution in [0.3, 0.4) is 0 Å². The minimum Gasteiger partial charge on any atom is -0.469 e. The summed E-state index contributed by atoms with van der Waals surface area (Å²) in [6, 6.07) is 9.60. The molecule has 0 aliphatic rings. The standard InChI is InChI=1S/C14H18O3/c1-11(15)9-14(2,10-13(16)17-3)12-7-5-4-6-8-12/h4-8H,9-10H2,1-3H3. The van der Waals surface area contributed by atoms with Crippen molar-refractivity contribution in [3.8, 4) is 0 Å². The van der Waals surface area contributed by atoms with Crippen LogP contribution in [0.4, 0.5) is 0 Å². The van der Waals surface area contributed by atoms with E-state index in [4.69, 9.17) is 4.74 Å². The maximum Gasteiger partial charge on any atom is 0.306 e. The van der Waals surface area contributed by atoms with Crippen LogP contribution >= 0.6 is 0 Å². The van der Waals surface area contributed by atoms with Gasteiger partial charge in [-0.15, -0.1) is 0 Å². The minimum atomic E-state index is -0.486. The monoisotopic (exact) mass is 234 g/mol. The maximum atomic E-state index is 11.4. The first-order valence-electron chi connectivity index (χ1n) is 5.60. The van der Waals surface area contributed by atoms with Crippen LogP contribution in [-0.4, -0.2) is 18.9 Å². The third-order valence-electron chi connectivity index (χ3n) is 2.87. The topological polar surface area (TPSA) is 43.4 Å². The fraction of sp³-hybridized carbons (Fsp3) is 0.429. The second kappa shape index (κ2) is 5.62. The molecule has 0 saturated carbocycles. The van der Waals surface area contributed by atoms with Gasteiger partial charge in [0.2, 0.25) is 0 Å². The van der Waals surface area contributed by atoms with E-state index in [0.717, 1.165) is 5.56 Å². The van der Waals surface area contributed by atoms with Gasteiger partial charge in [0.25, 0.3) is 0 Å². The average Bonchev–Trinajstić information content (AvgIpc) is 2.29. The summed E-state index contributed by atoms with van der Waals surface area (Å²) < 4.78 is 4.70. The number of ketones is 1. The van der Waals surface area contributed by atoms with Gasteiger partial charge in [0.05, 0.1) is 13.5 Å². The van der Waals surface area contributed by atoms with E-state index < -0.39 is 5.41 Å². The Balaban J connectivity index is 3.01. The summed E-state index contributed by atoms with van der Waals surface area (Å²) in [6.45, 7) is 3.46. The highest BCUT2D eigenvalue weighted by Gasteiger charge is 2.31. The molecule has 1 unspecified atom stereocenters. The summed E-state index contributed by atoms with van der Waals surface area (Å²) in [5, 5.41) is 0. The molecule has 0 aliphatic carbocycles. The largest absolute Gasteiger partial charge is 0.469 e. The van der Waals surface area contributed by atoms with Crippen molar-refractivity contribution >= 4 is 11.8 Å². The number of esters is 1. The highest BCUT2D eigenvalue weighted by molar-refractivity contribution is 5.79. The van der Waals surface area contributed by atoms with Crippen LogP contribution in [0.2, 0.25) is 0 Å². The lowest BCUT2D eigenvalue weighted by atomic mass is 9.76. The highest BCUT2D eigenvalue weighted by Crippen LogP contribution is 2.31. The van der Waals surface area contributed by atoms with Crippen LogP contribution in [0.25, 0.3) is 0 Å². The Morgan fingerprint density at radius 1 is 1.18 bits per heavy atom. The maximum absolute atomic E-state index is 11.4. The van der Waals surface area contributed by atoms with Crippen LogP contribution in [0.15, 0.2) is 30.3 Å². The normalized spacial score (nSPS) is 13.8. The van der Waals surface area contributed by atoms with Crippen molar-refractivity contribution in [1.29, 1.82) is 0 Å². The Morgan fingerprint density at radius 3 is 2.24 bits per heavy atom. The molecule has 0 bridgehead atoms. The highest BCUT2D eigenvalue weighted by atomic mass is 16.5. The van der Waals surface area contributed by atoms with Crippen molar-refractivity contribution in [2.45, 2.75) is 32.1 Å². The van der Waals surface area contributed by atoms with Crippen molar-refractivity contribution in [2.24, 2.45) is 0 Å². The van der Waals surface area contributed by atoms with Crippen LogP contribution in [0.1, 0.15) is 32.3 Å². The number of benzene rings is 1. The molecule has 0 saturated heterocycles. The summed E-state index contributed by atoms with van der Waals surface area (Å²) in [7, 11) is 1.36. The number of carbonyl (C=O) groups is 2. The summed E-state index contributed by atoms with van der Waals surface area (Å²) in [5.74, 6) is -0.224. The van der Waals surface area contributed by atoms with Crippen molar-refractivity contribution in [2.75, 3.05) is 7.11 Å². The molecule has 0 amide bonds. The van der Waals surface area contributed by atoms with E-state index in [9.17, 15) is 9.59 Å². The average molecular weight is 234 g/mol. The molecule has 0 aliphatic heterocycles. The molecule has 1 rings (SSSR count). The van der Waals surface area contributed by atoms with Crippen LogP contribution < -0.4 is 0 Å². The number of hydrogen-bond acceptors (Lipinski definition) is 3. The molecular weight excluding hydrogens is 216 g/mol. The first-order valence-corrected chi connectivity index (χ1v) is 5.60. The van der Waals surface area contributed by atoms with Gasteiger partial charge in [0.15, 0.2) is 0 Å². The molecule has 3 heteroatoms. The SMILES string of the molecule is COC(=O)CC(C)(CC(C)=O)c1ccccc1. The Bertz CT molecular complexity index is 397. The molecule has 1 aromatic carbocycles. The number of carbonyl (C=O) groups excluding carboxylic acids is 2.